The van der Waals surface area contributed by atoms with Crippen molar-refractivity contribution in [3.05, 3.63) is 0 Å². The summed E-state index contributed by atoms with van der Waals surface area (Å²) in [5, 5.41) is 0. The second kappa shape index (κ2) is 14.2. The summed E-state index contributed by atoms with van der Waals surface area (Å²) in [7, 11) is 0. The van der Waals surface area contributed by atoms with Crippen molar-refractivity contribution >= 4 is 18.8 Å². The first kappa shape index (κ1) is 21.5. The lowest BCUT2D eigenvalue weighted by molar-refractivity contribution is 0.233. The van der Waals surface area contributed by atoms with Crippen LogP contribution in [0.2, 0.25) is 0 Å². The summed E-state index contributed by atoms with van der Waals surface area (Å²) in [6, 6.07) is 0. The van der Waals surface area contributed by atoms with Crippen molar-refractivity contribution in [3.63, 3.8) is 0 Å². The van der Waals surface area contributed by atoms with Crippen molar-refractivity contribution in [2.75, 3.05) is 13.3 Å². The molecule has 0 saturated carbocycles. The Bertz CT molecular complexity index is 266. The fourth-order valence-electron chi connectivity index (χ4n) is 2.63. The lowest BCUT2D eigenvalue weighted by Gasteiger charge is -2.18. The first-order chi connectivity index (χ1) is 9.99. The van der Waals surface area contributed by atoms with Crippen LogP contribution >= 0.6 is 18.8 Å². The molecule has 0 amide bonds. The number of thiol groups is 1. The summed E-state index contributed by atoms with van der Waals surface area (Å²) in [5.74, 6) is 0.563. The molecule has 0 fully saturated rings. The highest BCUT2D eigenvalue weighted by atomic mass is 32.7. The van der Waals surface area contributed by atoms with Gasteiger partial charge < -0.3 is 4.52 Å². The Morgan fingerprint density at radius 2 is 1.29 bits per heavy atom. The monoisotopic (exact) mass is 336 g/mol. The van der Waals surface area contributed by atoms with Crippen LogP contribution in [-0.4, -0.2) is 13.3 Å². The van der Waals surface area contributed by atoms with E-state index in [1.165, 1.54) is 77.0 Å². The number of hydrogen-bond donors (Lipinski definition) is 1. The first-order valence-electron chi connectivity index (χ1n) is 8.94. The summed E-state index contributed by atoms with van der Waals surface area (Å²) < 4.78 is 17.0. The first-order valence-corrected chi connectivity index (χ1v) is 12.2. The standard InChI is InChI=1S/C17H37O2PS/c1-4-6-8-10-11-13-15-17(14-12-9-7-5-2)16-19-20(3,18)21/h17H,4-16H2,1-3H3,(H,18,21). The van der Waals surface area contributed by atoms with E-state index < -0.39 is 6.57 Å². The van der Waals surface area contributed by atoms with E-state index in [2.05, 4.69) is 26.1 Å². The second-order valence-corrected chi connectivity index (χ2v) is 10.4. The molecule has 2 atom stereocenters. The van der Waals surface area contributed by atoms with Gasteiger partial charge in [-0.25, -0.2) is 0 Å². The van der Waals surface area contributed by atoms with Crippen molar-refractivity contribution in [2.45, 2.75) is 90.9 Å². The minimum absolute atomic E-state index is 0.563. The van der Waals surface area contributed by atoms with Gasteiger partial charge in [-0.1, -0.05) is 90.3 Å². The zero-order valence-corrected chi connectivity index (χ0v) is 16.3. The SMILES string of the molecule is CCCCCCCCC(CCCCCC)COP(C)(=O)S. The molecule has 0 aliphatic heterocycles. The lowest BCUT2D eigenvalue weighted by atomic mass is 9.95. The third kappa shape index (κ3) is 16.7. The summed E-state index contributed by atoms with van der Waals surface area (Å²) in [5.41, 5.74) is 0. The minimum atomic E-state index is -2.62. The van der Waals surface area contributed by atoms with Crippen LogP contribution in [-0.2, 0) is 9.09 Å². The molecular weight excluding hydrogens is 299 g/mol. The van der Waals surface area contributed by atoms with Gasteiger partial charge in [0.05, 0.1) is 6.61 Å². The Kier molecular flexibility index (Phi) is 14.5. The molecular formula is C17H37O2PS. The molecule has 128 valence electrons. The molecule has 0 bridgehead atoms. The van der Waals surface area contributed by atoms with Crippen molar-refractivity contribution in [3.8, 4) is 0 Å². The van der Waals surface area contributed by atoms with Crippen molar-refractivity contribution in [1.82, 2.24) is 0 Å². The second-order valence-electron chi connectivity index (χ2n) is 6.37. The molecule has 2 unspecified atom stereocenters. The molecule has 0 rings (SSSR count). The summed E-state index contributed by atoms with van der Waals surface area (Å²) in [6.45, 7) is 4.09. The van der Waals surface area contributed by atoms with Gasteiger partial charge in [-0.2, -0.15) is 0 Å². The quantitative estimate of drug-likeness (QED) is 0.196. The van der Waals surface area contributed by atoms with E-state index >= 15 is 0 Å². The van der Waals surface area contributed by atoms with E-state index in [4.69, 9.17) is 4.52 Å². The fourth-order valence-corrected chi connectivity index (χ4v) is 3.32. The average molecular weight is 337 g/mol. The highest BCUT2D eigenvalue weighted by molar-refractivity contribution is 8.46. The minimum Gasteiger partial charge on any atom is -0.321 e. The summed E-state index contributed by atoms with van der Waals surface area (Å²) >= 11 is 4.04. The van der Waals surface area contributed by atoms with Crippen molar-refractivity contribution in [2.24, 2.45) is 5.92 Å². The largest absolute Gasteiger partial charge is 0.321 e. The van der Waals surface area contributed by atoms with Crippen LogP contribution in [0, 0.1) is 5.92 Å². The Labute approximate surface area is 138 Å². The molecule has 0 N–H and O–H groups in total. The van der Waals surface area contributed by atoms with E-state index in [0.717, 1.165) is 0 Å². The van der Waals surface area contributed by atoms with Crippen molar-refractivity contribution < 1.29 is 9.09 Å². The Morgan fingerprint density at radius 3 is 1.76 bits per heavy atom. The van der Waals surface area contributed by atoms with Gasteiger partial charge in [-0.15, -0.1) is 0 Å². The van der Waals surface area contributed by atoms with E-state index in [9.17, 15) is 4.57 Å². The molecule has 0 radical (unpaired) electrons. The van der Waals surface area contributed by atoms with E-state index in [-0.39, 0.29) is 0 Å². The van der Waals surface area contributed by atoms with Crippen LogP contribution in [0.3, 0.4) is 0 Å². The van der Waals surface area contributed by atoms with Gasteiger partial charge in [0.25, 0.3) is 6.57 Å². The maximum Gasteiger partial charge on any atom is 0.251 e. The molecule has 0 aromatic rings. The molecule has 0 saturated heterocycles. The van der Waals surface area contributed by atoms with Crippen LogP contribution in [0.25, 0.3) is 0 Å². The van der Waals surface area contributed by atoms with Gasteiger partial charge in [-0.05, 0) is 18.8 Å². The maximum absolute atomic E-state index is 11.6. The van der Waals surface area contributed by atoms with Crippen LogP contribution in [0.15, 0.2) is 0 Å². The van der Waals surface area contributed by atoms with Gasteiger partial charge in [0.1, 0.15) is 0 Å². The normalized spacial score (nSPS) is 15.8. The highest BCUT2D eigenvalue weighted by Gasteiger charge is 2.14. The molecule has 0 aliphatic rings. The third-order valence-electron chi connectivity index (χ3n) is 3.98. The van der Waals surface area contributed by atoms with Gasteiger partial charge >= 0.3 is 0 Å². The predicted octanol–water partition coefficient (Wildman–Crippen LogP) is 7.09. The smallest absolute Gasteiger partial charge is 0.251 e. The Balaban J connectivity index is 3.86. The highest BCUT2D eigenvalue weighted by Crippen LogP contribution is 2.48. The third-order valence-corrected chi connectivity index (χ3v) is 4.96. The van der Waals surface area contributed by atoms with Crippen LogP contribution in [0.4, 0.5) is 0 Å². The van der Waals surface area contributed by atoms with Gasteiger partial charge in [0.2, 0.25) is 0 Å². The average Bonchev–Trinajstić information content (AvgIpc) is 2.42. The number of hydrogen-bond acceptors (Lipinski definition) is 2. The van der Waals surface area contributed by atoms with E-state index in [1.54, 1.807) is 6.66 Å². The van der Waals surface area contributed by atoms with Gasteiger partial charge in [-0.3, -0.25) is 4.57 Å². The summed E-state index contributed by atoms with van der Waals surface area (Å²) in [4.78, 5) is 0. The molecule has 0 spiro atoms. The molecule has 21 heavy (non-hydrogen) atoms. The van der Waals surface area contributed by atoms with E-state index in [0.29, 0.717) is 12.5 Å². The van der Waals surface area contributed by atoms with Gasteiger partial charge in [0, 0.05) is 6.66 Å². The molecule has 0 aromatic heterocycles. The molecule has 0 aromatic carbocycles. The lowest BCUT2D eigenvalue weighted by Crippen LogP contribution is -2.08. The Hall–Kier alpha value is 0.540. The van der Waals surface area contributed by atoms with Crippen LogP contribution in [0.5, 0.6) is 0 Å². The summed E-state index contributed by atoms with van der Waals surface area (Å²) in [6.07, 6.45) is 15.6. The maximum atomic E-state index is 11.6. The number of unbranched alkanes of at least 4 members (excludes halogenated alkanes) is 8. The Morgan fingerprint density at radius 1 is 0.857 bits per heavy atom. The van der Waals surface area contributed by atoms with Gasteiger partial charge in [0.15, 0.2) is 0 Å². The predicted molar refractivity (Wildman–Crippen MR) is 98.7 cm³/mol. The van der Waals surface area contributed by atoms with Crippen LogP contribution in [0.1, 0.15) is 90.9 Å². The number of rotatable bonds is 15. The van der Waals surface area contributed by atoms with Crippen molar-refractivity contribution in [1.29, 1.82) is 0 Å². The molecule has 0 heterocycles. The zero-order valence-electron chi connectivity index (χ0n) is 14.5. The molecule has 2 nitrogen and oxygen atoms in total. The zero-order chi connectivity index (χ0) is 16.0. The molecule has 0 aliphatic carbocycles. The van der Waals surface area contributed by atoms with Crippen LogP contribution < -0.4 is 0 Å². The fraction of sp³-hybridized carbons (Fsp3) is 1.00. The van der Waals surface area contributed by atoms with E-state index in [1.807, 2.05) is 0 Å². The molecule has 4 heteroatoms. The topological polar surface area (TPSA) is 26.3 Å².